The number of para-hydroxylation sites is 1. The van der Waals surface area contributed by atoms with E-state index in [4.69, 9.17) is 14.5 Å². The van der Waals surface area contributed by atoms with E-state index in [1.165, 1.54) is 4.88 Å². The van der Waals surface area contributed by atoms with Gasteiger partial charge in [0.15, 0.2) is 11.5 Å². The van der Waals surface area contributed by atoms with Crippen LogP contribution in [-0.2, 0) is 12.8 Å². The highest BCUT2D eigenvalue weighted by Gasteiger charge is 2.33. The summed E-state index contributed by atoms with van der Waals surface area (Å²) in [6, 6.07) is 13.4. The maximum absolute atomic E-state index is 13.5. The van der Waals surface area contributed by atoms with Gasteiger partial charge in [-0.05, 0) is 88.8 Å². The van der Waals surface area contributed by atoms with Gasteiger partial charge in [-0.15, -0.1) is 11.3 Å². The van der Waals surface area contributed by atoms with Gasteiger partial charge in [0, 0.05) is 16.8 Å². The first-order valence-electron chi connectivity index (χ1n) is 12.3. The van der Waals surface area contributed by atoms with Crippen molar-refractivity contribution in [3.05, 3.63) is 68.5 Å². The van der Waals surface area contributed by atoms with Crippen molar-refractivity contribution in [2.45, 2.75) is 47.0 Å². The number of anilines is 1. The minimum Gasteiger partial charge on any atom is -0.493 e. The Bertz CT molecular complexity index is 1260. The summed E-state index contributed by atoms with van der Waals surface area (Å²) in [6.07, 6.45) is 4.74. The monoisotopic (exact) mass is 568 g/mol. The molecule has 0 saturated carbocycles. The number of hydrogen-bond donors (Lipinski definition) is 1. The van der Waals surface area contributed by atoms with Gasteiger partial charge in [0.1, 0.15) is 5.00 Å². The largest absolute Gasteiger partial charge is 0.493 e. The minimum atomic E-state index is -0.106. The van der Waals surface area contributed by atoms with Gasteiger partial charge in [0.05, 0.1) is 23.8 Å². The molecule has 4 rings (SSSR count). The summed E-state index contributed by atoms with van der Waals surface area (Å²) in [6.45, 7) is 9.38. The van der Waals surface area contributed by atoms with Crippen LogP contribution >= 0.6 is 27.3 Å². The molecule has 0 bridgehead atoms. The molecule has 1 N–H and O–H groups in total. The number of benzene rings is 2. The van der Waals surface area contributed by atoms with Crippen LogP contribution in [-0.4, -0.2) is 25.8 Å². The van der Waals surface area contributed by atoms with Crippen molar-refractivity contribution in [3.8, 4) is 11.5 Å². The molecular weight excluding hydrogens is 536 g/mol. The molecule has 0 aliphatic heterocycles. The molecule has 0 fully saturated rings. The Morgan fingerprint density at radius 2 is 2.00 bits per heavy atom. The van der Waals surface area contributed by atoms with E-state index in [2.05, 4.69) is 42.0 Å². The summed E-state index contributed by atoms with van der Waals surface area (Å²) in [4.78, 5) is 19.6. The minimum absolute atomic E-state index is 0.106. The Balaban J connectivity index is 1.71. The summed E-state index contributed by atoms with van der Waals surface area (Å²) >= 11 is 5.22. The third-order valence-electron chi connectivity index (χ3n) is 6.60. The highest BCUT2D eigenvalue weighted by molar-refractivity contribution is 9.10. The van der Waals surface area contributed by atoms with Crippen LogP contribution in [0.2, 0.25) is 0 Å². The lowest BCUT2D eigenvalue weighted by molar-refractivity contribution is 0.102. The Hall–Kier alpha value is -2.64. The first-order valence-corrected chi connectivity index (χ1v) is 13.9. The van der Waals surface area contributed by atoms with Crippen LogP contribution in [0, 0.1) is 11.3 Å². The summed E-state index contributed by atoms with van der Waals surface area (Å²) in [5.41, 5.74) is 3.70. The van der Waals surface area contributed by atoms with E-state index in [1.807, 2.05) is 49.4 Å². The van der Waals surface area contributed by atoms with Crippen molar-refractivity contribution in [1.29, 1.82) is 0 Å². The Morgan fingerprint density at radius 3 is 2.67 bits per heavy atom. The molecule has 1 amide bonds. The number of methoxy groups -OCH3 is 1. The molecule has 36 heavy (non-hydrogen) atoms. The molecule has 0 radical (unpaired) electrons. The topological polar surface area (TPSA) is 59.9 Å². The number of ether oxygens (including phenoxy) is 2. The molecule has 7 heteroatoms. The van der Waals surface area contributed by atoms with Crippen molar-refractivity contribution >= 4 is 50.1 Å². The van der Waals surface area contributed by atoms with Gasteiger partial charge >= 0.3 is 0 Å². The molecular formula is C29H33BrN2O3S. The molecule has 2 aromatic carbocycles. The van der Waals surface area contributed by atoms with Gasteiger partial charge in [-0.3, -0.25) is 4.79 Å². The number of thiophene rings is 1. The Morgan fingerprint density at radius 1 is 1.25 bits per heavy atom. The molecule has 0 unspecified atom stereocenters. The smallest absolute Gasteiger partial charge is 0.259 e. The van der Waals surface area contributed by atoms with Crippen LogP contribution in [0.15, 0.2) is 51.9 Å². The van der Waals surface area contributed by atoms with Crippen molar-refractivity contribution in [1.82, 2.24) is 0 Å². The highest BCUT2D eigenvalue weighted by atomic mass is 79.9. The van der Waals surface area contributed by atoms with E-state index in [9.17, 15) is 4.79 Å². The van der Waals surface area contributed by atoms with Gasteiger partial charge in [-0.25, -0.2) is 4.99 Å². The first kappa shape index (κ1) is 26.4. The SMILES string of the molecule is CCOc1c(Br)cc(C=Nc2sc3c(c2C(=O)Nc2ccccc2)CC[C@@H](C(C)(C)C)C3)cc1OC. The molecule has 190 valence electrons. The van der Waals surface area contributed by atoms with Crippen molar-refractivity contribution in [2.75, 3.05) is 19.0 Å². The molecule has 1 aliphatic carbocycles. The second-order valence-corrected chi connectivity index (χ2v) is 12.0. The van der Waals surface area contributed by atoms with Crippen LogP contribution in [0.4, 0.5) is 10.7 Å². The number of halogens is 1. The predicted octanol–water partition coefficient (Wildman–Crippen LogP) is 8.07. The number of nitrogens with one attached hydrogen (secondary N) is 1. The predicted molar refractivity (Wildman–Crippen MR) is 153 cm³/mol. The first-order chi connectivity index (χ1) is 17.2. The van der Waals surface area contributed by atoms with E-state index < -0.39 is 0 Å². The van der Waals surface area contributed by atoms with Crippen LogP contribution in [0.5, 0.6) is 11.5 Å². The van der Waals surface area contributed by atoms with Gasteiger partial charge in [-0.2, -0.15) is 0 Å². The number of amides is 1. The van der Waals surface area contributed by atoms with E-state index in [0.29, 0.717) is 29.6 Å². The fourth-order valence-electron chi connectivity index (χ4n) is 4.58. The maximum Gasteiger partial charge on any atom is 0.259 e. The average molecular weight is 570 g/mol. The van der Waals surface area contributed by atoms with Crippen molar-refractivity contribution in [3.63, 3.8) is 0 Å². The molecule has 1 atom stereocenters. The van der Waals surface area contributed by atoms with Crippen LogP contribution in [0.1, 0.15) is 60.5 Å². The quantitative estimate of drug-likeness (QED) is 0.293. The number of aliphatic imine (C=N–C) groups is 1. The highest BCUT2D eigenvalue weighted by Crippen LogP contribution is 2.45. The number of rotatable bonds is 7. The van der Waals surface area contributed by atoms with E-state index in [1.54, 1.807) is 24.7 Å². The third kappa shape index (κ3) is 5.84. The lowest BCUT2D eigenvalue weighted by Crippen LogP contribution is -2.27. The lowest BCUT2D eigenvalue weighted by Gasteiger charge is -2.33. The molecule has 5 nitrogen and oxygen atoms in total. The number of hydrogen-bond acceptors (Lipinski definition) is 5. The molecule has 1 aromatic heterocycles. The normalized spacial score (nSPS) is 15.6. The molecule has 0 spiro atoms. The number of carbonyl (C=O) groups is 1. The van der Waals surface area contributed by atoms with E-state index in [0.717, 1.165) is 45.6 Å². The van der Waals surface area contributed by atoms with Gasteiger partial charge in [0.2, 0.25) is 0 Å². The summed E-state index contributed by atoms with van der Waals surface area (Å²) in [5.74, 6) is 1.77. The lowest BCUT2D eigenvalue weighted by atomic mass is 9.72. The van der Waals surface area contributed by atoms with Crippen molar-refractivity contribution in [2.24, 2.45) is 16.3 Å². The molecule has 1 aliphatic rings. The third-order valence-corrected chi connectivity index (χ3v) is 8.35. The fourth-order valence-corrected chi connectivity index (χ4v) is 6.43. The average Bonchev–Trinajstić information content (AvgIpc) is 3.22. The van der Waals surface area contributed by atoms with E-state index >= 15 is 0 Å². The van der Waals surface area contributed by atoms with Crippen LogP contribution < -0.4 is 14.8 Å². The maximum atomic E-state index is 13.5. The van der Waals surface area contributed by atoms with Crippen LogP contribution in [0.3, 0.4) is 0 Å². The van der Waals surface area contributed by atoms with Gasteiger partial charge < -0.3 is 14.8 Å². The number of fused-ring (bicyclic) bond motifs is 1. The standard InChI is InChI=1S/C29H33BrN2O3S/c1-6-35-26-22(30)14-18(15-23(26)34-5)17-31-28-25(27(33)32-20-10-8-7-9-11-20)21-13-12-19(29(2,3)4)16-24(21)36-28/h7-11,14-15,17,19H,6,12-13,16H2,1-5H3,(H,32,33)/t19-/m1/s1. The summed E-state index contributed by atoms with van der Waals surface area (Å²) < 4.78 is 12.0. The van der Waals surface area contributed by atoms with Gasteiger partial charge in [0.25, 0.3) is 5.91 Å². The van der Waals surface area contributed by atoms with Gasteiger partial charge in [-0.1, -0.05) is 39.0 Å². The fraction of sp³-hybridized carbons (Fsp3) is 0.379. The summed E-state index contributed by atoms with van der Waals surface area (Å²) in [5, 5.41) is 3.82. The second-order valence-electron chi connectivity index (χ2n) is 10.0. The second kappa shape index (κ2) is 11.2. The van der Waals surface area contributed by atoms with Crippen molar-refractivity contribution < 1.29 is 14.3 Å². The molecule has 1 heterocycles. The molecule has 3 aromatic rings. The summed E-state index contributed by atoms with van der Waals surface area (Å²) in [7, 11) is 1.62. The zero-order chi connectivity index (χ0) is 25.9. The zero-order valence-electron chi connectivity index (χ0n) is 21.5. The Labute approximate surface area is 226 Å². The van der Waals surface area contributed by atoms with E-state index in [-0.39, 0.29) is 11.3 Å². The number of carbonyl (C=O) groups excluding carboxylic acids is 1. The van der Waals surface area contributed by atoms with Crippen LogP contribution in [0.25, 0.3) is 0 Å². The molecule has 0 saturated heterocycles. The number of nitrogens with zero attached hydrogens (tertiary/aromatic N) is 1. The zero-order valence-corrected chi connectivity index (χ0v) is 23.9. The Kier molecular flexibility index (Phi) is 8.20.